The van der Waals surface area contributed by atoms with Crippen molar-refractivity contribution in [1.82, 2.24) is 5.32 Å². The molecule has 0 aliphatic rings. The Labute approximate surface area is 161 Å². The molecule has 2 aromatic carbocycles. The van der Waals surface area contributed by atoms with E-state index in [9.17, 15) is 22.8 Å². The highest BCUT2D eigenvalue weighted by atomic mass is 19.4. The molecule has 0 bridgehead atoms. The van der Waals surface area contributed by atoms with Gasteiger partial charge in [-0.2, -0.15) is 13.2 Å². The van der Waals surface area contributed by atoms with Gasteiger partial charge in [-0.3, -0.25) is 9.59 Å². The molecule has 0 spiro atoms. The van der Waals surface area contributed by atoms with Crippen molar-refractivity contribution in [3.8, 4) is 5.75 Å². The minimum atomic E-state index is -4.41. The van der Waals surface area contributed by atoms with E-state index in [1.807, 2.05) is 26.0 Å². The average molecular weight is 393 g/mol. The van der Waals surface area contributed by atoms with Gasteiger partial charge >= 0.3 is 6.18 Å². The summed E-state index contributed by atoms with van der Waals surface area (Å²) in [5.41, 5.74) is 3.29. The van der Waals surface area contributed by atoms with Crippen LogP contribution in [0.2, 0.25) is 0 Å². The number of ketones is 1. The van der Waals surface area contributed by atoms with E-state index in [-0.39, 0.29) is 36.8 Å². The Bertz CT molecular complexity index is 847. The Kier molecular flexibility index (Phi) is 7.20. The molecule has 0 unspecified atom stereocenters. The van der Waals surface area contributed by atoms with Gasteiger partial charge in [0.2, 0.25) is 5.91 Å². The molecule has 2 aromatic rings. The molecule has 2 rings (SSSR count). The first kappa shape index (κ1) is 21.5. The fourth-order valence-electron chi connectivity index (χ4n) is 2.49. The number of hydrogen-bond donors (Lipinski definition) is 1. The van der Waals surface area contributed by atoms with Crippen LogP contribution >= 0.6 is 0 Å². The smallest absolute Gasteiger partial charge is 0.422 e. The Morgan fingerprint density at radius 2 is 1.75 bits per heavy atom. The summed E-state index contributed by atoms with van der Waals surface area (Å²) >= 11 is 0. The molecule has 4 nitrogen and oxygen atoms in total. The summed E-state index contributed by atoms with van der Waals surface area (Å²) in [5, 5.41) is 2.66. The van der Waals surface area contributed by atoms with Gasteiger partial charge in [0, 0.05) is 24.9 Å². The maximum absolute atomic E-state index is 12.2. The summed E-state index contributed by atoms with van der Waals surface area (Å²) in [6.07, 6.45) is -4.29. The van der Waals surface area contributed by atoms with Crippen molar-refractivity contribution >= 4 is 11.7 Å². The van der Waals surface area contributed by atoms with Crippen molar-refractivity contribution in [3.63, 3.8) is 0 Å². The minimum absolute atomic E-state index is 0.0377. The predicted molar refractivity (Wildman–Crippen MR) is 99.3 cm³/mol. The predicted octanol–water partition coefficient (Wildman–Crippen LogP) is 4.52. The van der Waals surface area contributed by atoms with Crippen LogP contribution in [0.4, 0.5) is 13.2 Å². The SMILES string of the molecule is Cc1ccc(C(=O)CCC(=O)NCc2cccc(OCC(F)(F)F)c2)cc1C. The molecule has 0 heterocycles. The molecule has 0 saturated carbocycles. The summed E-state index contributed by atoms with van der Waals surface area (Å²) in [5.74, 6) is -0.339. The average Bonchev–Trinajstić information content (AvgIpc) is 2.64. The van der Waals surface area contributed by atoms with Crippen LogP contribution in [0.25, 0.3) is 0 Å². The highest BCUT2D eigenvalue weighted by Gasteiger charge is 2.28. The molecule has 0 aliphatic heterocycles. The van der Waals surface area contributed by atoms with Gasteiger partial charge < -0.3 is 10.1 Å². The summed E-state index contributed by atoms with van der Waals surface area (Å²) < 4.78 is 41.3. The fourth-order valence-corrected chi connectivity index (χ4v) is 2.49. The summed E-state index contributed by atoms with van der Waals surface area (Å²) in [4.78, 5) is 24.2. The number of rotatable bonds is 8. The maximum atomic E-state index is 12.2. The van der Waals surface area contributed by atoms with Crippen molar-refractivity contribution in [2.24, 2.45) is 0 Å². The Balaban J connectivity index is 1.80. The van der Waals surface area contributed by atoms with E-state index in [2.05, 4.69) is 10.1 Å². The Hall–Kier alpha value is -2.83. The standard InChI is InChI=1S/C21H22F3NO3/c1-14-6-7-17(10-15(14)2)19(26)8-9-20(27)25-12-16-4-3-5-18(11-16)28-13-21(22,23)24/h3-7,10-11H,8-9,12-13H2,1-2H3,(H,25,27). The molecule has 1 N–H and O–H groups in total. The lowest BCUT2D eigenvalue weighted by molar-refractivity contribution is -0.153. The molecular weight excluding hydrogens is 371 g/mol. The molecule has 28 heavy (non-hydrogen) atoms. The van der Waals surface area contributed by atoms with Gasteiger partial charge in [-0.05, 0) is 48.7 Å². The monoisotopic (exact) mass is 393 g/mol. The number of carbonyl (C=O) groups excluding carboxylic acids is 2. The first-order valence-electron chi connectivity index (χ1n) is 8.80. The third-order valence-corrected chi connectivity index (χ3v) is 4.20. The molecule has 150 valence electrons. The molecule has 0 aliphatic carbocycles. The third-order valence-electron chi connectivity index (χ3n) is 4.20. The van der Waals surface area contributed by atoms with Crippen LogP contribution in [0.3, 0.4) is 0 Å². The second-order valence-electron chi connectivity index (χ2n) is 6.55. The number of alkyl halides is 3. The number of benzene rings is 2. The van der Waals surface area contributed by atoms with Crippen molar-refractivity contribution in [1.29, 1.82) is 0 Å². The van der Waals surface area contributed by atoms with E-state index in [0.29, 0.717) is 11.1 Å². The number of Topliss-reactive ketones (excluding diaryl/α,β-unsaturated/α-hetero) is 1. The highest BCUT2D eigenvalue weighted by molar-refractivity contribution is 5.98. The first-order valence-corrected chi connectivity index (χ1v) is 8.80. The maximum Gasteiger partial charge on any atom is 0.422 e. The van der Waals surface area contributed by atoms with Crippen LogP contribution < -0.4 is 10.1 Å². The van der Waals surface area contributed by atoms with E-state index < -0.39 is 12.8 Å². The van der Waals surface area contributed by atoms with Crippen LogP contribution in [-0.4, -0.2) is 24.5 Å². The van der Waals surface area contributed by atoms with Crippen LogP contribution in [0, 0.1) is 13.8 Å². The van der Waals surface area contributed by atoms with Gasteiger partial charge in [0.15, 0.2) is 12.4 Å². The Morgan fingerprint density at radius 1 is 1.00 bits per heavy atom. The number of halogens is 3. The lowest BCUT2D eigenvalue weighted by Gasteiger charge is -2.11. The van der Waals surface area contributed by atoms with Crippen LogP contribution in [0.1, 0.15) is 39.9 Å². The van der Waals surface area contributed by atoms with Crippen LogP contribution in [0.15, 0.2) is 42.5 Å². The normalized spacial score (nSPS) is 11.2. The number of carbonyl (C=O) groups is 2. The molecule has 0 fully saturated rings. The number of hydrogen-bond acceptors (Lipinski definition) is 3. The lowest BCUT2D eigenvalue weighted by atomic mass is 10.0. The van der Waals surface area contributed by atoms with E-state index >= 15 is 0 Å². The summed E-state index contributed by atoms with van der Waals surface area (Å²) in [7, 11) is 0. The second kappa shape index (κ2) is 9.39. The van der Waals surface area contributed by atoms with Gasteiger partial charge in [-0.1, -0.05) is 24.3 Å². The molecule has 0 aromatic heterocycles. The van der Waals surface area contributed by atoms with Gasteiger partial charge in [0.25, 0.3) is 0 Å². The zero-order chi connectivity index (χ0) is 20.7. The van der Waals surface area contributed by atoms with E-state index in [1.54, 1.807) is 18.2 Å². The number of amides is 1. The van der Waals surface area contributed by atoms with Crippen molar-refractivity contribution in [3.05, 3.63) is 64.7 Å². The summed E-state index contributed by atoms with van der Waals surface area (Å²) in [6.45, 7) is 2.65. The summed E-state index contributed by atoms with van der Waals surface area (Å²) in [6, 6.07) is 11.5. The Morgan fingerprint density at radius 3 is 2.43 bits per heavy atom. The zero-order valence-electron chi connectivity index (χ0n) is 15.7. The first-order chi connectivity index (χ1) is 13.1. The quantitative estimate of drug-likeness (QED) is 0.671. The number of nitrogens with one attached hydrogen (secondary N) is 1. The third kappa shape index (κ3) is 7.06. The van der Waals surface area contributed by atoms with Crippen molar-refractivity contribution in [2.75, 3.05) is 6.61 Å². The molecule has 0 radical (unpaired) electrons. The lowest BCUT2D eigenvalue weighted by Crippen LogP contribution is -2.23. The molecule has 7 heteroatoms. The van der Waals surface area contributed by atoms with Crippen molar-refractivity contribution < 1.29 is 27.5 Å². The van der Waals surface area contributed by atoms with E-state index in [1.165, 1.54) is 12.1 Å². The van der Waals surface area contributed by atoms with Crippen LogP contribution in [0.5, 0.6) is 5.75 Å². The fraction of sp³-hybridized carbons (Fsp3) is 0.333. The molecular formula is C21H22F3NO3. The number of aryl methyl sites for hydroxylation is 2. The number of ether oxygens (including phenoxy) is 1. The highest BCUT2D eigenvalue weighted by Crippen LogP contribution is 2.19. The van der Waals surface area contributed by atoms with Gasteiger partial charge in [-0.15, -0.1) is 0 Å². The van der Waals surface area contributed by atoms with Gasteiger partial charge in [-0.25, -0.2) is 0 Å². The van der Waals surface area contributed by atoms with Crippen LogP contribution in [-0.2, 0) is 11.3 Å². The van der Waals surface area contributed by atoms with Gasteiger partial charge in [0.05, 0.1) is 0 Å². The van der Waals surface area contributed by atoms with E-state index in [0.717, 1.165) is 11.1 Å². The van der Waals surface area contributed by atoms with Crippen molar-refractivity contribution in [2.45, 2.75) is 39.4 Å². The van der Waals surface area contributed by atoms with Gasteiger partial charge in [0.1, 0.15) is 5.75 Å². The van der Waals surface area contributed by atoms with E-state index in [4.69, 9.17) is 0 Å². The second-order valence-corrected chi connectivity index (χ2v) is 6.55. The molecule has 1 amide bonds. The topological polar surface area (TPSA) is 55.4 Å². The minimum Gasteiger partial charge on any atom is -0.484 e. The molecule has 0 atom stereocenters. The molecule has 0 saturated heterocycles. The zero-order valence-corrected chi connectivity index (χ0v) is 15.7. The largest absolute Gasteiger partial charge is 0.484 e.